The Balaban J connectivity index is 0.000000173. The molecule has 5 heteroatoms. The molecule has 0 N–H and O–H groups in total. The molecule has 0 unspecified atom stereocenters. The van der Waals surface area contributed by atoms with Crippen LogP contribution in [0.2, 0.25) is 0 Å². The average molecular weight is 786 g/mol. The van der Waals surface area contributed by atoms with Crippen LogP contribution in [-0.4, -0.2) is 0 Å². The van der Waals surface area contributed by atoms with Crippen LogP contribution >= 0.6 is 35.1 Å². The average Bonchev–Trinajstić information content (AvgIpc) is 3.05. The molecule has 0 radical (unpaired) electrons. The van der Waals surface area contributed by atoms with Crippen molar-refractivity contribution in [2.45, 2.75) is 0 Å². The summed E-state index contributed by atoms with van der Waals surface area (Å²) in [5, 5.41) is 8.39. The monoisotopic (exact) mass is 786 g/mol. The van der Waals surface area contributed by atoms with Crippen molar-refractivity contribution in [3.05, 3.63) is 182 Å². The van der Waals surface area contributed by atoms with Crippen molar-refractivity contribution >= 4 is 66.9 Å². The molecule has 0 aliphatic carbocycles. The molecule has 6 aromatic rings. The first kappa shape index (κ1) is 31.3. The smallest absolute Gasteiger partial charge is 0.0134 e. The van der Waals surface area contributed by atoms with Crippen molar-refractivity contribution in [2.24, 2.45) is 0 Å². The second-order valence-corrected chi connectivity index (χ2v) is 16.8. The fourth-order valence-electron chi connectivity index (χ4n) is 4.36. The molecule has 0 atom stereocenters. The molecule has 6 rings (SSSR count). The van der Waals surface area contributed by atoms with E-state index >= 15 is 0 Å². The Kier molecular flexibility index (Phi) is 13.8. The predicted molar refractivity (Wildman–Crippen MR) is 182 cm³/mol. The van der Waals surface area contributed by atoms with Crippen molar-refractivity contribution < 1.29 is 15.4 Å². The van der Waals surface area contributed by atoms with Crippen LogP contribution in [0.4, 0.5) is 0 Å². The summed E-state index contributed by atoms with van der Waals surface area (Å²) >= 11 is -0.639. The van der Waals surface area contributed by atoms with Crippen LogP contribution < -0.4 is 31.8 Å². The Bertz CT molecular complexity index is 1200. The van der Waals surface area contributed by atoms with Gasteiger partial charge in [0.15, 0.2) is 0 Å². The minimum absolute atomic E-state index is 0.446. The Morgan fingerprint density at radius 2 is 0.390 bits per heavy atom. The van der Waals surface area contributed by atoms with Gasteiger partial charge >= 0.3 is 34.7 Å². The van der Waals surface area contributed by atoms with E-state index in [9.17, 15) is 0 Å². The Morgan fingerprint density at radius 3 is 0.512 bits per heavy atom. The van der Waals surface area contributed by atoms with Crippen LogP contribution in [-0.2, 0) is 15.4 Å². The summed E-state index contributed by atoms with van der Waals surface area (Å²) < 4.78 is 0. The van der Waals surface area contributed by atoms with Crippen LogP contribution in [0.1, 0.15) is 0 Å². The summed E-state index contributed by atoms with van der Waals surface area (Å²) in [4.78, 5) is 0. The summed E-state index contributed by atoms with van der Waals surface area (Å²) in [6.07, 6.45) is 0. The summed E-state index contributed by atoms with van der Waals surface area (Å²) in [6.45, 7) is 0. The molecule has 0 spiro atoms. The number of hydrogen-bond acceptors (Lipinski definition) is 0. The topological polar surface area (TPSA) is 0 Å². The van der Waals surface area contributed by atoms with Gasteiger partial charge in [-0.05, 0) is 47.7 Å². The van der Waals surface area contributed by atoms with Crippen molar-refractivity contribution in [3.63, 3.8) is 0 Å². The molecule has 0 fully saturated rings. The zero-order chi connectivity index (χ0) is 28.5. The van der Waals surface area contributed by atoms with E-state index in [4.69, 9.17) is 19.3 Å². The molecule has 0 bridgehead atoms. The van der Waals surface area contributed by atoms with Crippen molar-refractivity contribution in [1.29, 1.82) is 0 Å². The van der Waals surface area contributed by atoms with Crippen molar-refractivity contribution in [1.82, 2.24) is 0 Å². The third-order valence-corrected chi connectivity index (χ3v) is 11.0. The molecule has 0 saturated carbocycles. The van der Waals surface area contributed by atoms with E-state index in [-0.39, 0.29) is 0 Å². The number of benzene rings is 6. The molecule has 41 heavy (non-hydrogen) atoms. The quantitative estimate of drug-likeness (QED) is 0.149. The minimum Gasteiger partial charge on any atom is -0.0622 e. The van der Waals surface area contributed by atoms with Crippen LogP contribution in [0.3, 0.4) is 0 Å². The zero-order valence-corrected chi connectivity index (χ0v) is 28.2. The van der Waals surface area contributed by atoms with Gasteiger partial charge in [0.2, 0.25) is 0 Å². The van der Waals surface area contributed by atoms with Crippen LogP contribution in [0.25, 0.3) is 0 Å². The van der Waals surface area contributed by atoms with Crippen LogP contribution in [0, 0.1) is 0 Å². The first-order chi connectivity index (χ1) is 20.3. The van der Waals surface area contributed by atoms with E-state index in [0.29, 0.717) is 0 Å². The van der Waals surface area contributed by atoms with Gasteiger partial charge in [-0.25, -0.2) is 0 Å². The van der Waals surface area contributed by atoms with Gasteiger partial charge in [-0.2, -0.15) is 0 Å². The minimum atomic E-state index is -0.639. The van der Waals surface area contributed by atoms with Crippen molar-refractivity contribution in [3.8, 4) is 0 Å². The molecule has 0 aliphatic heterocycles. The molecular formula is C36H30Cl2OsP2. The molecule has 0 amide bonds. The Hall–Kier alpha value is -2.60. The number of hydrogen-bond donors (Lipinski definition) is 0. The van der Waals surface area contributed by atoms with E-state index in [1.165, 1.54) is 31.8 Å². The Morgan fingerprint density at radius 1 is 0.268 bits per heavy atom. The number of rotatable bonds is 6. The SMILES string of the molecule is [Cl][Os][Cl].c1ccc(P(c2ccccc2)c2ccccc2)cc1.c1ccc(P(c2ccccc2)c2ccccc2)cc1. The van der Waals surface area contributed by atoms with Gasteiger partial charge in [-0.15, -0.1) is 0 Å². The summed E-state index contributed by atoms with van der Waals surface area (Å²) in [6, 6.07) is 64.7. The van der Waals surface area contributed by atoms with Gasteiger partial charge in [-0.3, -0.25) is 0 Å². The summed E-state index contributed by atoms with van der Waals surface area (Å²) in [5.41, 5.74) is 0. The van der Waals surface area contributed by atoms with E-state index < -0.39 is 31.3 Å². The molecule has 0 nitrogen and oxygen atoms in total. The third-order valence-electron chi connectivity index (χ3n) is 6.09. The fourth-order valence-corrected chi connectivity index (χ4v) is 8.97. The van der Waals surface area contributed by atoms with Crippen LogP contribution in [0.15, 0.2) is 182 Å². The summed E-state index contributed by atoms with van der Waals surface area (Å²) in [5.74, 6) is 0. The van der Waals surface area contributed by atoms with Crippen molar-refractivity contribution in [2.75, 3.05) is 0 Å². The predicted octanol–water partition coefficient (Wildman–Crippen LogP) is 8.27. The maximum absolute atomic E-state index is 4.90. The molecule has 6 aromatic carbocycles. The van der Waals surface area contributed by atoms with E-state index in [1.54, 1.807) is 0 Å². The molecule has 0 heterocycles. The number of halogens is 2. The summed E-state index contributed by atoms with van der Waals surface area (Å²) in [7, 11) is 8.91. The molecule has 206 valence electrons. The largest absolute Gasteiger partial charge is 0.0622 e. The van der Waals surface area contributed by atoms with Gasteiger partial charge < -0.3 is 0 Å². The molecular weight excluding hydrogens is 755 g/mol. The fraction of sp³-hybridized carbons (Fsp3) is 0. The van der Waals surface area contributed by atoms with Gasteiger partial charge in [0.25, 0.3) is 0 Å². The molecule has 0 aliphatic rings. The zero-order valence-electron chi connectivity index (χ0n) is 22.3. The molecule has 0 aromatic heterocycles. The maximum atomic E-state index is 4.90. The van der Waals surface area contributed by atoms with Gasteiger partial charge in [-0.1, -0.05) is 182 Å². The molecule has 0 saturated heterocycles. The second-order valence-electron chi connectivity index (χ2n) is 8.73. The first-order valence-corrected chi connectivity index (χ1v) is 22.1. The van der Waals surface area contributed by atoms with E-state index in [1.807, 2.05) is 0 Å². The normalized spacial score (nSPS) is 10.3. The Labute approximate surface area is 262 Å². The van der Waals surface area contributed by atoms with Crippen LogP contribution in [0.5, 0.6) is 0 Å². The maximum Gasteiger partial charge on any atom is -0.0134 e. The third kappa shape index (κ3) is 9.73. The van der Waals surface area contributed by atoms with Gasteiger partial charge in [0, 0.05) is 0 Å². The standard InChI is InChI=1S/2C18H15P.2ClH.Os/c2*1-4-10-16(11-5-1)19(17-12-6-2-7-13-17)18-14-8-3-9-15-18;;;/h2*1-15H;2*1H;/q;;;;+2/p-2. The second kappa shape index (κ2) is 18.0. The van der Waals surface area contributed by atoms with E-state index in [0.717, 1.165) is 0 Å². The van der Waals surface area contributed by atoms with Gasteiger partial charge in [0.05, 0.1) is 0 Å². The van der Waals surface area contributed by atoms with Gasteiger partial charge in [0.1, 0.15) is 0 Å². The van der Waals surface area contributed by atoms with E-state index in [2.05, 4.69) is 182 Å². The first-order valence-electron chi connectivity index (χ1n) is 13.1.